The Hall–Kier alpha value is -2.01. The van der Waals surface area contributed by atoms with Crippen LogP contribution in [0.15, 0.2) is 36.4 Å². The van der Waals surface area contributed by atoms with Crippen molar-refractivity contribution >= 4 is 23.6 Å². The molecule has 2 aromatic rings. The van der Waals surface area contributed by atoms with Gasteiger partial charge in [0.15, 0.2) is 0 Å². The molecule has 5 heteroatoms. The molecule has 0 radical (unpaired) electrons. The van der Waals surface area contributed by atoms with Crippen molar-refractivity contribution in [2.75, 3.05) is 26.2 Å². The van der Waals surface area contributed by atoms with Gasteiger partial charge in [0.2, 0.25) is 0 Å². The first-order chi connectivity index (χ1) is 15.4. The number of phenolic OH excluding ortho intramolecular Hbond substituents is 2. The van der Waals surface area contributed by atoms with E-state index in [-0.39, 0.29) is 12.4 Å². The second-order valence-corrected chi connectivity index (χ2v) is 8.27. The van der Waals surface area contributed by atoms with Crippen molar-refractivity contribution in [2.24, 2.45) is 0 Å². The predicted octanol–water partition coefficient (Wildman–Crippen LogP) is 6.93. The third kappa shape index (κ3) is 7.49. The van der Waals surface area contributed by atoms with Crippen LogP contribution in [0.2, 0.25) is 0 Å². The number of nitrogens with zero attached hydrogens (tertiary/aromatic N) is 2. The predicted molar refractivity (Wildman–Crippen MR) is 144 cm³/mol. The lowest BCUT2D eigenvalue weighted by Gasteiger charge is -2.21. The van der Waals surface area contributed by atoms with Gasteiger partial charge >= 0.3 is 0 Å². The summed E-state index contributed by atoms with van der Waals surface area (Å²) >= 11 is 0. The molecule has 33 heavy (non-hydrogen) atoms. The molecule has 0 saturated heterocycles. The lowest BCUT2D eigenvalue weighted by Crippen LogP contribution is -2.22. The van der Waals surface area contributed by atoms with Crippen LogP contribution in [0.5, 0.6) is 11.5 Å². The molecule has 4 nitrogen and oxygen atoms in total. The summed E-state index contributed by atoms with van der Waals surface area (Å²) in [4.78, 5) is 4.63. The highest BCUT2D eigenvalue weighted by atomic mass is 35.5. The highest BCUT2D eigenvalue weighted by molar-refractivity contribution is 5.91. The summed E-state index contributed by atoms with van der Waals surface area (Å²) in [5, 5.41) is 20.9. The monoisotopic (exact) mass is 474 g/mol. The molecule has 0 aliphatic heterocycles. The summed E-state index contributed by atoms with van der Waals surface area (Å²) in [6, 6.07) is 12.0. The zero-order valence-corrected chi connectivity index (χ0v) is 22.1. The van der Waals surface area contributed by atoms with Crippen LogP contribution >= 0.6 is 12.4 Å². The zero-order valence-electron chi connectivity index (χ0n) is 21.3. The lowest BCUT2D eigenvalue weighted by molar-refractivity contribution is 0.291. The summed E-state index contributed by atoms with van der Waals surface area (Å²) < 4.78 is 0. The van der Waals surface area contributed by atoms with Crippen LogP contribution in [0.4, 0.5) is 0 Å². The Morgan fingerprint density at radius 3 is 1.21 bits per heavy atom. The van der Waals surface area contributed by atoms with E-state index in [9.17, 15) is 10.2 Å². The van der Waals surface area contributed by atoms with Gasteiger partial charge in [-0.15, -0.1) is 12.4 Å². The Labute approximate surface area is 207 Å². The molecule has 0 unspecified atom stereocenters. The van der Waals surface area contributed by atoms with Crippen LogP contribution in [0.1, 0.15) is 76.6 Å². The minimum Gasteiger partial charge on any atom is -0.508 e. The van der Waals surface area contributed by atoms with Gasteiger partial charge < -0.3 is 10.2 Å². The molecule has 0 aliphatic rings. The third-order valence-corrected chi connectivity index (χ3v) is 6.50. The minimum absolute atomic E-state index is 0. The van der Waals surface area contributed by atoms with Crippen molar-refractivity contribution in [1.29, 1.82) is 0 Å². The Kier molecular flexibility index (Phi) is 12.6. The Balaban J connectivity index is 0.00000544. The quantitative estimate of drug-likeness (QED) is 0.327. The summed E-state index contributed by atoms with van der Waals surface area (Å²) in [6.07, 6.45) is 1.82. The molecule has 2 N–H and O–H groups in total. The van der Waals surface area contributed by atoms with E-state index in [4.69, 9.17) is 0 Å². The second kappa shape index (κ2) is 14.3. The summed E-state index contributed by atoms with van der Waals surface area (Å²) in [5.74, 6) is 0.723. The minimum atomic E-state index is 0. The molecule has 0 spiro atoms. The van der Waals surface area contributed by atoms with Crippen LogP contribution in [0, 0.1) is 0 Å². The summed E-state index contributed by atoms with van der Waals surface area (Å²) in [7, 11) is 0. The molecule has 0 heterocycles. The molecule has 0 fully saturated rings. The normalized spacial score (nSPS) is 12.1. The molecule has 0 bridgehead atoms. The van der Waals surface area contributed by atoms with E-state index < -0.39 is 0 Å². The van der Waals surface area contributed by atoms with Crippen LogP contribution in [-0.2, 0) is 13.1 Å². The topological polar surface area (TPSA) is 46.9 Å². The van der Waals surface area contributed by atoms with Gasteiger partial charge in [0.25, 0.3) is 0 Å². The number of hydrogen-bond acceptors (Lipinski definition) is 4. The molecular formula is C28H43ClN2O2. The molecular weight excluding hydrogens is 432 g/mol. The number of aromatic hydroxyl groups is 2. The van der Waals surface area contributed by atoms with Gasteiger partial charge in [-0.2, -0.15) is 0 Å². The Morgan fingerprint density at radius 2 is 0.939 bits per heavy atom. The van der Waals surface area contributed by atoms with Gasteiger partial charge in [-0.3, -0.25) is 9.80 Å². The standard InChI is InChI=1S/C28H42N2O2.ClH/c1-7-25(21-13-15-27(31)23(17-21)19-29(9-3)10-4)26(8-2)22-14-16-28(32)24(18-22)20-30(11-5)12-6;/h13-18,31-32H,7-12,19-20H2,1-6H3;1H/b26-25-;. The summed E-state index contributed by atoms with van der Waals surface area (Å²) in [5.41, 5.74) is 6.88. The molecule has 0 aliphatic carbocycles. The lowest BCUT2D eigenvalue weighted by atomic mass is 9.89. The Morgan fingerprint density at radius 1 is 0.606 bits per heavy atom. The fourth-order valence-electron chi connectivity index (χ4n) is 4.36. The van der Waals surface area contributed by atoms with Crippen molar-refractivity contribution in [3.63, 3.8) is 0 Å². The van der Waals surface area contributed by atoms with Gasteiger partial charge in [-0.25, -0.2) is 0 Å². The Bertz CT molecular complexity index is 829. The first kappa shape index (κ1) is 29.0. The van der Waals surface area contributed by atoms with Crippen molar-refractivity contribution in [2.45, 2.75) is 67.5 Å². The molecule has 0 saturated carbocycles. The molecule has 0 aromatic heterocycles. The van der Waals surface area contributed by atoms with Crippen molar-refractivity contribution in [1.82, 2.24) is 9.80 Å². The largest absolute Gasteiger partial charge is 0.508 e. The van der Waals surface area contributed by atoms with Crippen molar-refractivity contribution < 1.29 is 10.2 Å². The van der Waals surface area contributed by atoms with Crippen molar-refractivity contribution in [3.8, 4) is 11.5 Å². The number of benzene rings is 2. The van der Waals surface area contributed by atoms with E-state index in [1.54, 1.807) is 0 Å². The van der Waals surface area contributed by atoms with E-state index in [1.807, 2.05) is 24.3 Å². The number of phenols is 2. The smallest absolute Gasteiger partial charge is 0.120 e. The number of hydrogen-bond donors (Lipinski definition) is 2. The van der Waals surface area contributed by atoms with Gasteiger partial charge in [0.05, 0.1) is 0 Å². The third-order valence-electron chi connectivity index (χ3n) is 6.50. The van der Waals surface area contributed by atoms with Crippen LogP contribution in [0.3, 0.4) is 0 Å². The van der Waals surface area contributed by atoms with E-state index in [1.165, 1.54) is 22.3 Å². The maximum absolute atomic E-state index is 10.5. The van der Waals surface area contributed by atoms with E-state index in [0.717, 1.165) is 63.2 Å². The molecule has 184 valence electrons. The van der Waals surface area contributed by atoms with Gasteiger partial charge in [0.1, 0.15) is 11.5 Å². The number of halogens is 1. The van der Waals surface area contributed by atoms with E-state index in [2.05, 4.69) is 63.5 Å². The highest BCUT2D eigenvalue weighted by Gasteiger charge is 2.15. The fourth-order valence-corrected chi connectivity index (χ4v) is 4.36. The van der Waals surface area contributed by atoms with Crippen LogP contribution in [0.25, 0.3) is 11.1 Å². The van der Waals surface area contributed by atoms with Crippen LogP contribution < -0.4 is 0 Å². The second-order valence-electron chi connectivity index (χ2n) is 8.27. The summed E-state index contributed by atoms with van der Waals surface area (Å²) in [6.45, 7) is 18.3. The highest BCUT2D eigenvalue weighted by Crippen LogP contribution is 2.35. The SMILES string of the molecule is CC/C(=C(\CC)c1ccc(O)c(CN(CC)CC)c1)c1ccc(O)c(CN(CC)CC)c1.Cl. The fraction of sp³-hybridized carbons (Fsp3) is 0.500. The first-order valence-corrected chi connectivity index (χ1v) is 12.2. The maximum Gasteiger partial charge on any atom is 0.120 e. The van der Waals surface area contributed by atoms with Gasteiger partial charge in [-0.05, 0) is 85.6 Å². The van der Waals surface area contributed by atoms with E-state index >= 15 is 0 Å². The molecule has 0 atom stereocenters. The molecule has 0 amide bonds. The zero-order chi connectivity index (χ0) is 23.7. The maximum atomic E-state index is 10.5. The van der Waals surface area contributed by atoms with Crippen LogP contribution in [-0.4, -0.2) is 46.2 Å². The van der Waals surface area contributed by atoms with Gasteiger partial charge in [-0.1, -0.05) is 53.7 Å². The van der Waals surface area contributed by atoms with Crippen molar-refractivity contribution in [3.05, 3.63) is 58.7 Å². The van der Waals surface area contributed by atoms with E-state index in [0.29, 0.717) is 11.5 Å². The van der Waals surface area contributed by atoms with Gasteiger partial charge in [0, 0.05) is 24.2 Å². The number of allylic oxidation sites excluding steroid dienone is 2. The number of rotatable bonds is 12. The average molecular weight is 475 g/mol. The first-order valence-electron chi connectivity index (χ1n) is 12.2. The molecule has 2 aromatic carbocycles. The molecule has 2 rings (SSSR count). The average Bonchev–Trinajstić information content (AvgIpc) is 2.81.